The van der Waals surface area contributed by atoms with Crippen LogP contribution in [-0.4, -0.2) is 24.0 Å². The molecule has 4 nitrogen and oxygen atoms in total. The number of hydrogen-bond acceptors (Lipinski definition) is 3. The first-order chi connectivity index (χ1) is 7.51. The lowest BCUT2D eigenvalue weighted by Crippen LogP contribution is -2.37. The molecule has 0 spiro atoms. The maximum Gasteiger partial charge on any atom is 0.225 e. The third-order valence-corrected chi connectivity index (χ3v) is 3.30. The summed E-state index contributed by atoms with van der Waals surface area (Å²) in [5, 5.41) is 0.463. The summed E-state index contributed by atoms with van der Waals surface area (Å²) < 4.78 is 0. The van der Waals surface area contributed by atoms with Gasteiger partial charge < -0.3 is 10.6 Å². The molecule has 16 heavy (non-hydrogen) atoms. The lowest BCUT2D eigenvalue weighted by molar-refractivity contribution is -0.125. The van der Waals surface area contributed by atoms with Gasteiger partial charge in [0.2, 0.25) is 5.91 Å². The summed E-state index contributed by atoms with van der Waals surface area (Å²) in [4.78, 5) is 17.6. The average Bonchev–Trinajstić information content (AvgIpc) is 2.62. The monoisotopic (exact) mass is 239 g/mol. The average molecular weight is 240 g/mol. The van der Waals surface area contributed by atoms with Crippen molar-refractivity contribution in [1.82, 2.24) is 4.98 Å². The zero-order chi connectivity index (χ0) is 11.8. The molecule has 1 aromatic rings. The minimum atomic E-state index is -0.454. The molecule has 0 radical (unpaired) electrons. The maximum absolute atomic E-state index is 11.3. The van der Waals surface area contributed by atoms with E-state index in [1.165, 1.54) is 0 Å². The quantitative estimate of drug-likeness (QED) is 0.795. The minimum Gasteiger partial charge on any atom is -0.369 e. The minimum absolute atomic E-state index is 0.253. The number of rotatable bonds is 2. The molecule has 2 heterocycles. The van der Waals surface area contributed by atoms with Crippen molar-refractivity contribution >= 4 is 23.3 Å². The number of primary amides is 1. The van der Waals surface area contributed by atoms with E-state index in [-0.39, 0.29) is 5.91 Å². The van der Waals surface area contributed by atoms with Gasteiger partial charge in [-0.1, -0.05) is 17.7 Å². The normalized spacial score (nSPS) is 24.8. The Bertz CT molecular complexity index is 423. The van der Waals surface area contributed by atoms with E-state index >= 15 is 0 Å². The van der Waals surface area contributed by atoms with Gasteiger partial charge in [0.1, 0.15) is 11.0 Å². The van der Waals surface area contributed by atoms with Crippen molar-refractivity contribution in [3.8, 4) is 0 Å². The molecular formula is C11H14ClN3O. The number of aromatic nitrogens is 1. The van der Waals surface area contributed by atoms with E-state index in [9.17, 15) is 4.79 Å². The second kappa shape index (κ2) is 3.94. The van der Waals surface area contributed by atoms with E-state index in [1.54, 1.807) is 6.07 Å². The van der Waals surface area contributed by atoms with E-state index in [4.69, 9.17) is 17.3 Å². The van der Waals surface area contributed by atoms with Gasteiger partial charge in [-0.3, -0.25) is 4.79 Å². The van der Waals surface area contributed by atoms with E-state index in [0.717, 1.165) is 18.8 Å². The van der Waals surface area contributed by atoms with Gasteiger partial charge in [0.05, 0.1) is 5.41 Å². The summed E-state index contributed by atoms with van der Waals surface area (Å²) in [5.41, 5.74) is 4.94. The molecule has 0 saturated carbocycles. The fraction of sp³-hybridized carbons (Fsp3) is 0.455. The number of halogens is 1. The first kappa shape index (κ1) is 11.2. The molecule has 1 fully saturated rings. The maximum atomic E-state index is 11.3. The Morgan fingerprint density at radius 3 is 2.94 bits per heavy atom. The summed E-state index contributed by atoms with van der Waals surface area (Å²) in [5.74, 6) is 0.550. The predicted molar refractivity (Wildman–Crippen MR) is 63.4 cm³/mol. The SMILES string of the molecule is CC1(C(N)=O)CCN(c2cccc(Cl)n2)C1. The van der Waals surface area contributed by atoms with E-state index in [1.807, 2.05) is 24.0 Å². The Labute approximate surface area is 99.4 Å². The molecule has 1 unspecified atom stereocenters. The van der Waals surface area contributed by atoms with Crippen LogP contribution in [0.25, 0.3) is 0 Å². The van der Waals surface area contributed by atoms with Gasteiger partial charge in [0.15, 0.2) is 0 Å². The molecule has 2 rings (SSSR count). The Hall–Kier alpha value is -1.29. The van der Waals surface area contributed by atoms with Crippen molar-refractivity contribution in [3.63, 3.8) is 0 Å². The molecule has 1 aliphatic heterocycles. The summed E-state index contributed by atoms with van der Waals surface area (Å²) in [6, 6.07) is 5.47. The Balaban J connectivity index is 2.18. The van der Waals surface area contributed by atoms with Crippen LogP contribution >= 0.6 is 11.6 Å². The molecule has 1 amide bonds. The largest absolute Gasteiger partial charge is 0.369 e. The number of nitrogens with zero attached hydrogens (tertiary/aromatic N) is 2. The zero-order valence-corrected chi connectivity index (χ0v) is 9.87. The van der Waals surface area contributed by atoms with Crippen LogP contribution in [0.4, 0.5) is 5.82 Å². The molecule has 0 aromatic carbocycles. The van der Waals surface area contributed by atoms with Crippen LogP contribution in [0.2, 0.25) is 5.15 Å². The molecule has 5 heteroatoms. The van der Waals surface area contributed by atoms with Crippen molar-refractivity contribution in [2.45, 2.75) is 13.3 Å². The van der Waals surface area contributed by atoms with Crippen LogP contribution in [0.3, 0.4) is 0 Å². The van der Waals surface area contributed by atoms with Gasteiger partial charge in [0.25, 0.3) is 0 Å². The highest BCUT2D eigenvalue weighted by atomic mass is 35.5. The number of hydrogen-bond donors (Lipinski definition) is 1. The Kier molecular flexibility index (Phi) is 2.76. The van der Waals surface area contributed by atoms with Crippen LogP contribution < -0.4 is 10.6 Å². The fourth-order valence-electron chi connectivity index (χ4n) is 1.93. The Morgan fingerprint density at radius 1 is 1.62 bits per heavy atom. The standard InChI is InChI=1S/C11H14ClN3O/c1-11(10(13)16)5-6-15(7-11)9-4-2-3-8(12)14-9/h2-4H,5-7H2,1H3,(H2,13,16). The van der Waals surface area contributed by atoms with Crippen LogP contribution in [0.5, 0.6) is 0 Å². The summed E-state index contributed by atoms with van der Waals surface area (Å²) >= 11 is 5.83. The number of anilines is 1. The first-order valence-electron chi connectivity index (χ1n) is 5.19. The van der Waals surface area contributed by atoms with Crippen LogP contribution in [0, 0.1) is 5.41 Å². The molecule has 1 saturated heterocycles. The van der Waals surface area contributed by atoms with Crippen LogP contribution in [0.15, 0.2) is 18.2 Å². The lowest BCUT2D eigenvalue weighted by atomic mass is 9.89. The summed E-state index contributed by atoms with van der Waals surface area (Å²) in [6.45, 7) is 3.28. The third kappa shape index (κ3) is 1.97. The van der Waals surface area contributed by atoms with Gasteiger partial charge in [-0.25, -0.2) is 4.98 Å². The Morgan fingerprint density at radius 2 is 2.38 bits per heavy atom. The van der Waals surface area contributed by atoms with Crippen molar-refractivity contribution in [1.29, 1.82) is 0 Å². The molecule has 86 valence electrons. The number of amides is 1. The predicted octanol–water partition coefficient (Wildman–Crippen LogP) is 1.44. The highest BCUT2D eigenvalue weighted by Crippen LogP contribution is 2.32. The highest BCUT2D eigenvalue weighted by molar-refractivity contribution is 6.29. The van der Waals surface area contributed by atoms with Gasteiger partial charge in [-0.2, -0.15) is 0 Å². The van der Waals surface area contributed by atoms with Crippen LogP contribution in [-0.2, 0) is 4.79 Å². The van der Waals surface area contributed by atoms with Crippen molar-refractivity contribution in [2.24, 2.45) is 11.1 Å². The molecular weight excluding hydrogens is 226 g/mol. The second-order valence-electron chi connectivity index (χ2n) is 4.41. The molecule has 1 aliphatic rings. The van der Waals surface area contributed by atoms with Crippen molar-refractivity contribution < 1.29 is 4.79 Å². The van der Waals surface area contributed by atoms with E-state index < -0.39 is 5.41 Å². The number of carbonyl (C=O) groups is 1. The van der Waals surface area contributed by atoms with Gasteiger partial charge in [-0.05, 0) is 25.5 Å². The number of nitrogens with two attached hydrogens (primary N) is 1. The van der Waals surface area contributed by atoms with E-state index in [0.29, 0.717) is 11.7 Å². The lowest BCUT2D eigenvalue weighted by Gasteiger charge is -2.21. The first-order valence-corrected chi connectivity index (χ1v) is 5.56. The summed E-state index contributed by atoms with van der Waals surface area (Å²) in [6.07, 6.45) is 0.760. The van der Waals surface area contributed by atoms with Crippen molar-refractivity contribution in [3.05, 3.63) is 23.4 Å². The van der Waals surface area contributed by atoms with Crippen molar-refractivity contribution in [2.75, 3.05) is 18.0 Å². The number of pyridine rings is 1. The summed E-state index contributed by atoms with van der Waals surface area (Å²) in [7, 11) is 0. The van der Waals surface area contributed by atoms with Crippen LogP contribution in [0.1, 0.15) is 13.3 Å². The molecule has 0 aliphatic carbocycles. The third-order valence-electron chi connectivity index (χ3n) is 3.09. The number of carbonyl (C=O) groups excluding carboxylic acids is 1. The smallest absolute Gasteiger partial charge is 0.225 e. The second-order valence-corrected chi connectivity index (χ2v) is 4.80. The fourth-order valence-corrected chi connectivity index (χ4v) is 2.09. The highest BCUT2D eigenvalue weighted by Gasteiger charge is 2.39. The zero-order valence-electron chi connectivity index (χ0n) is 9.11. The molecule has 1 aromatic heterocycles. The van der Waals surface area contributed by atoms with Gasteiger partial charge in [-0.15, -0.1) is 0 Å². The van der Waals surface area contributed by atoms with E-state index in [2.05, 4.69) is 4.98 Å². The van der Waals surface area contributed by atoms with Gasteiger partial charge in [0, 0.05) is 13.1 Å². The topological polar surface area (TPSA) is 59.2 Å². The molecule has 1 atom stereocenters. The van der Waals surface area contributed by atoms with Gasteiger partial charge >= 0.3 is 0 Å². The molecule has 2 N–H and O–H groups in total. The molecule has 0 bridgehead atoms.